The fourth-order valence-electron chi connectivity index (χ4n) is 2.15. The van der Waals surface area contributed by atoms with Crippen LogP contribution in [0.3, 0.4) is 0 Å². The number of hydrogen-bond acceptors (Lipinski definition) is 2. The fourth-order valence-corrected chi connectivity index (χ4v) is 2.15. The van der Waals surface area contributed by atoms with Crippen LogP contribution < -0.4 is 0 Å². The minimum absolute atomic E-state index is 0.624. The molecule has 1 rings (SSSR count). The first kappa shape index (κ1) is 9.54. The molecule has 0 bridgehead atoms. The van der Waals surface area contributed by atoms with Gasteiger partial charge in [-0.1, -0.05) is 13.3 Å². The van der Waals surface area contributed by atoms with Crippen LogP contribution in [0.15, 0.2) is 0 Å². The first-order chi connectivity index (χ1) is 5.76. The molecule has 0 saturated carbocycles. The Labute approximate surface area is 75.2 Å². The van der Waals surface area contributed by atoms with E-state index in [4.69, 9.17) is 5.26 Å². The van der Waals surface area contributed by atoms with E-state index in [9.17, 15) is 0 Å². The van der Waals surface area contributed by atoms with Crippen molar-refractivity contribution >= 4 is 0 Å². The lowest BCUT2D eigenvalue weighted by Gasteiger charge is -2.34. The van der Waals surface area contributed by atoms with E-state index >= 15 is 0 Å². The second-order valence-electron chi connectivity index (χ2n) is 3.96. The van der Waals surface area contributed by atoms with E-state index in [1.165, 1.54) is 19.4 Å². The van der Waals surface area contributed by atoms with Gasteiger partial charge in [0.2, 0.25) is 0 Å². The van der Waals surface area contributed by atoms with E-state index in [0.29, 0.717) is 5.92 Å². The van der Waals surface area contributed by atoms with Crippen molar-refractivity contribution < 1.29 is 0 Å². The van der Waals surface area contributed by atoms with E-state index in [1.807, 2.05) is 0 Å². The third kappa shape index (κ3) is 2.49. The number of nitrogens with zero attached hydrogens (tertiary/aromatic N) is 2. The summed E-state index contributed by atoms with van der Waals surface area (Å²) in [5.74, 6) is 1.45. The molecule has 0 amide bonds. The Morgan fingerprint density at radius 3 is 2.67 bits per heavy atom. The highest BCUT2D eigenvalue weighted by Crippen LogP contribution is 2.24. The molecule has 0 spiro atoms. The molecule has 0 aromatic heterocycles. The van der Waals surface area contributed by atoms with Crippen molar-refractivity contribution in [1.29, 1.82) is 5.26 Å². The summed E-state index contributed by atoms with van der Waals surface area (Å²) in [5, 5.41) is 8.60. The number of piperidine rings is 1. The molecule has 1 saturated heterocycles. The molecule has 1 heterocycles. The summed E-state index contributed by atoms with van der Waals surface area (Å²) in [6.45, 7) is 4.58. The molecule has 1 fully saturated rings. The Morgan fingerprint density at radius 2 is 2.08 bits per heavy atom. The van der Waals surface area contributed by atoms with E-state index < -0.39 is 0 Å². The van der Waals surface area contributed by atoms with Gasteiger partial charge in [-0.15, -0.1) is 0 Å². The molecule has 0 aliphatic carbocycles. The number of hydrogen-bond donors (Lipinski definition) is 0. The maximum Gasteiger partial charge on any atom is 0.0625 e. The highest BCUT2D eigenvalue weighted by atomic mass is 15.1. The molecule has 2 nitrogen and oxygen atoms in total. The van der Waals surface area contributed by atoms with E-state index in [-0.39, 0.29) is 0 Å². The van der Waals surface area contributed by atoms with Gasteiger partial charge < -0.3 is 4.90 Å². The minimum Gasteiger partial charge on any atom is -0.306 e. The average Bonchev–Trinajstić information content (AvgIpc) is 2.04. The lowest BCUT2D eigenvalue weighted by Crippen LogP contribution is -2.37. The Balaban J connectivity index is 2.40. The van der Waals surface area contributed by atoms with Crippen molar-refractivity contribution in [2.24, 2.45) is 11.8 Å². The molecule has 2 unspecified atom stereocenters. The first-order valence-corrected chi connectivity index (χ1v) is 4.81. The van der Waals surface area contributed by atoms with Crippen LogP contribution in [-0.2, 0) is 0 Å². The Bertz CT molecular complexity index is 171. The zero-order valence-electron chi connectivity index (χ0n) is 8.08. The highest BCUT2D eigenvalue weighted by molar-refractivity contribution is 4.83. The van der Waals surface area contributed by atoms with Gasteiger partial charge in [0, 0.05) is 19.5 Å². The lowest BCUT2D eigenvalue weighted by atomic mass is 9.86. The summed E-state index contributed by atoms with van der Waals surface area (Å²) in [7, 11) is 2.16. The molecule has 1 aliphatic heterocycles. The zero-order valence-corrected chi connectivity index (χ0v) is 8.08. The highest BCUT2D eigenvalue weighted by Gasteiger charge is 2.23. The number of nitriles is 1. The van der Waals surface area contributed by atoms with Crippen LogP contribution in [-0.4, -0.2) is 25.0 Å². The summed E-state index contributed by atoms with van der Waals surface area (Å²) in [6, 6.07) is 2.28. The topological polar surface area (TPSA) is 27.0 Å². The van der Waals surface area contributed by atoms with Crippen molar-refractivity contribution in [2.45, 2.75) is 26.2 Å². The second-order valence-corrected chi connectivity index (χ2v) is 3.96. The predicted octanol–water partition coefficient (Wildman–Crippen LogP) is 1.88. The Morgan fingerprint density at radius 1 is 1.42 bits per heavy atom. The fraction of sp³-hybridized carbons (Fsp3) is 0.900. The maximum atomic E-state index is 8.60. The van der Waals surface area contributed by atoms with Gasteiger partial charge in [-0.2, -0.15) is 5.26 Å². The normalized spacial score (nSPS) is 31.4. The van der Waals surface area contributed by atoms with Crippen molar-refractivity contribution in [2.75, 3.05) is 20.1 Å². The predicted molar refractivity (Wildman–Crippen MR) is 49.6 cm³/mol. The lowest BCUT2D eigenvalue weighted by molar-refractivity contribution is 0.151. The third-order valence-corrected chi connectivity index (χ3v) is 2.76. The molecule has 1 aliphatic rings. The van der Waals surface area contributed by atoms with E-state index in [0.717, 1.165) is 18.9 Å². The van der Waals surface area contributed by atoms with Crippen LogP contribution in [0.5, 0.6) is 0 Å². The molecule has 0 N–H and O–H groups in total. The Hall–Kier alpha value is -0.550. The van der Waals surface area contributed by atoms with E-state index in [1.54, 1.807) is 0 Å². The first-order valence-electron chi connectivity index (χ1n) is 4.81. The summed E-state index contributed by atoms with van der Waals surface area (Å²) >= 11 is 0. The molecular weight excluding hydrogens is 148 g/mol. The summed E-state index contributed by atoms with van der Waals surface area (Å²) in [4.78, 5) is 2.36. The maximum absolute atomic E-state index is 8.60. The van der Waals surface area contributed by atoms with E-state index in [2.05, 4.69) is 24.9 Å². The van der Waals surface area contributed by atoms with Crippen molar-refractivity contribution in [1.82, 2.24) is 4.90 Å². The van der Waals surface area contributed by atoms with Gasteiger partial charge in [-0.25, -0.2) is 0 Å². The molecule has 0 radical (unpaired) electrons. The molecule has 0 aromatic rings. The average molecular weight is 166 g/mol. The Kier molecular flexibility index (Phi) is 3.55. The van der Waals surface area contributed by atoms with Crippen LogP contribution in [0.1, 0.15) is 26.2 Å². The zero-order chi connectivity index (χ0) is 8.97. The van der Waals surface area contributed by atoms with Gasteiger partial charge in [-0.05, 0) is 25.3 Å². The number of likely N-dealkylation sites (tertiary alicyclic amines) is 1. The molecule has 68 valence electrons. The van der Waals surface area contributed by atoms with Gasteiger partial charge in [-0.3, -0.25) is 0 Å². The van der Waals surface area contributed by atoms with Crippen molar-refractivity contribution in [3.05, 3.63) is 0 Å². The minimum atomic E-state index is 0.624. The van der Waals surface area contributed by atoms with Crippen LogP contribution in [0, 0.1) is 23.2 Å². The monoisotopic (exact) mass is 166 g/mol. The van der Waals surface area contributed by atoms with Crippen molar-refractivity contribution in [3.63, 3.8) is 0 Å². The van der Waals surface area contributed by atoms with Gasteiger partial charge >= 0.3 is 0 Å². The van der Waals surface area contributed by atoms with Crippen molar-refractivity contribution in [3.8, 4) is 6.07 Å². The molecule has 2 heteroatoms. The van der Waals surface area contributed by atoms with Gasteiger partial charge in [0.05, 0.1) is 6.07 Å². The van der Waals surface area contributed by atoms with Gasteiger partial charge in [0.15, 0.2) is 0 Å². The summed E-state index contributed by atoms with van der Waals surface area (Å²) < 4.78 is 0. The second kappa shape index (κ2) is 4.47. The summed E-state index contributed by atoms with van der Waals surface area (Å²) in [6.07, 6.45) is 3.25. The summed E-state index contributed by atoms with van der Waals surface area (Å²) in [5.41, 5.74) is 0. The van der Waals surface area contributed by atoms with Crippen LogP contribution in [0.2, 0.25) is 0 Å². The number of rotatable bonds is 2. The smallest absolute Gasteiger partial charge is 0.0625 e. The van der Waals surface area contributed by atoms with Gasteiger partial charge in [0.25, 0.3) is 0 Å². The van der Waals surface area contributed by atoms with Crippen LogP contribution in [0.4, 0.5) is 0 Å². The molecular formula is C10H18N2. The van der Waals surface area contributed by atoms with Gasteiger partial charge in [0.1, 0.15) is 0 Å². The SMILES string of the molecule is CCC1CC(CC#N)CN(C)C1. The quantitative estimate of drug-likeness (QED) is 0.626. The molecule has 12 heavy (non-hydrogen) atoms. The standard InChI is InChI=1S/C10H18N2/c1-3-9-6-10(4-5-11)8-12(2)7-9/h9-10H,3-4,6-8H2,1-2H3. The largest absolute Gasteiger partial charge is 0.306 e. The molecule has 2 atom stereocenters. The third-order valence-electron chi connectivity index (χ3n) is 2.76. The van der Waals surface area contributed by atoms with Crippen LogP contribution >= 0.6 is 0 Å². The van der Waals surface area contributed by atoms with Crippen LogP contribution in [0.25, 0.3) is 0 Å². The molecule has 0 aromatic carbocycles.